The second-order valence-electron chi connectivity index (χ2n) is 4.01. The number of rotatable bonds is 4. The smallest absolute Gasteiger partial charge is 0.253 e. The lowest BCUT2D eigenvalue weighted by Crippen LogP contribution is -2.37. The third kappa shape index (κ3) is 3.34. The Bertz CT molecular complexity index is 443. The van der Waals surface area contributed by atoms with E-state index in [1.54, 1.807) is 19.9 Å². The fourth-order valence-electron chi connectivity index (χ4n) is 1.35. The van der Waals surface area contributed by atoms with Crippen LogP contribution in [0.1, 0.15) is 42.5 Å². The third-order valence-electron chi connectivity index (χ3n) is 2.53. The molecular formula is C12H17N3O2. The van der Waals surface area contributed by atoms with Crippen LogP contribution >= 0.6 is 0 Å². The number of aryl methyl sites for hydroxylation is 2. The normalized spacial score (nSPS) is 12.0. The first-order chi connectivity index (χ1) is 7.95. The van der Waals surface area contributed by atoms with E-state index in [1.807, 2.05) is 6.92 Å². The highest BCUT2D eigenvalue weighted by atomic mass is 16.2. The van der Waals surface area contributed by atoms with Crippen LogP contribution in [0.2, 0.25) is 0 Å². The van der Waals surface area contributed by atoms with Gasteiger partial charge in [-0.3, -0.25) is 9.59 Å². The minimum atomic E-state index is -0.485. The van der Waals surface area contributed by atoms with Crippen molar-refractivity contribution in [2.24, 2.45) is 0 Å². The van der Waals surface area contributed by atoms with Gasteiger partial charge in [0.05, 0.1) is 23.0 Å². The summed E-state index contributed by atoms with van der Waals surface area (Å²) in [4.78, 5) is 23.0. The number of nitrogens with zero attached hydrogens (tertiary/aromatic N) is 2. The molecule has 1 heterocycles. The summed E-state index contributed by atoms with van der Waals surface area (Å²) in [7, 11) is 0. The Hall–Kier alpha value is -1.78. The van der Waals surface area contributed by atoms with Gasteiger partial charge in [0.2, 0.25) is 0 Å². The zero-order chi connectivity index (χ0) is 13.0. The second-order valence-corrected chi connectivity index (χ2v) is 4.01. The fraction of sp³-hybridized carbons (Fsp3) is 0.500. The summed E-state index contributed by atoms with van der Waals surface area (Å²) in [6, 6.07) is 1.20. The van der Waals surface area contributed by atoms with Crippen molar-refractivity contribution in [1.29, 1.82) is 0 Å². The molecule has 1 unspecified atom stereocenters. The van der Waals surface area contributed by atoms with E-state index in [4.69, 9.17) is 0 Å². The summed E-state index contributed by atoms with van der Waals surface area (Å²) >= 11 is 0. The Morgan fingerprint density at radius 3 is 2.59 bits per heavy atom. The number of carbonyl (C=O) groups is 2. The maximum atomic E-state index is 12.0. The molecule has 0 aliphatic rings. The average molecular weight is 235 g/mol. The SMILES string of the molecule is CCc1nnc(C)cc1C(=O)NC(C)C(C)=O. The van der Waals surface area contributed by atoms with Crippen molar-refractivity contribution in [3.8, 4) is 0 Å². The highest BCUT2D eigenvalue weighted by Gasteiger charge is 2.16. The van der Waals surface area contributed by atoms with Crippen molar-refractivity contribution < 1.29 is 9.59 Å². The van der Waals surface area contributed by atoms with Crippen molar-refractivity contribution in [2.75, 3.05) is 0 Å². The molecule has 1 N–H and O–H groups in total. The molecule has 1 amide bonds. The largest absolute Gasteiger partial charge is 0.342 e. The molecular weight excluding hydrogens is 218 g/mol. The van der Waals surface area contributed by atoms with Crippen molar-refractivity contribution in [3.05, 3.63) is 23.0 Å². The fourth-order valence-corrected chi connectivity index (χ4v) is 1.35. The molecule has 1 aromatic heterocycles. The molecule has 0 bridgehead atoms. The molecule has 1 atom stereocenters. The van der Waals surface area contributed by atoms with Crippen molar-refractivity contribution in [2.45, 2.75) is 40.2 Å². The summed E-state index contributed by atoms with van der Waals surface area (Å²) < 4.78 is 0. The third-order valence-corrected chi connectivity index (χ3v) is 2.53. The lowest BCUT2D eigenvalue weighted by atomic mass is 10.1. The Labute approximate surface area is 101 Å². The first kappa shape index (κ1) is 13.3. The topological polar surface area (TPSA) is 72.0 Å². The lowest BCUT2D eigenvalue weighted by Gasteiger charge is -2.12. The van der Waals surface area contributed by atoms with Gasteiger partial charge in [0.15, 0.2) is 5.78 Å². The standard InChI is InChI=1S/C12H17N3O2/c1-5-11-10(6-7(2)14-15-11)12(17)13-8(3)9(4)16/h6,8H,5H2,1-4H3,(H,13,17). The Morgan fingerprint density at radius 2 is 2.06 bits per heavy atom. The van der Waals surface area contributed by atoms with Gasteiger partial charge in [-0.05, 0) is 33.3 Å². The van der Waals surface area contributed by atoms with Gasteiger partial charge in [0.1, 0.15) is 0 Å². The number of aromatic nitrogens is 2. The molecule has 92 valence electrons. The monoisotopic (exact) mass is 235 g/mol. The van der Waals surface area contributed by atoms with Crippen LogP contribution in [0.25, 0.3) is 0 Å². The number of ketones is 1. The van der Waals surface area contributed by atoms with E-state index in [9.17, 15) is 9.59 Å². The minimum absolute atomic E-state index is 0.0739. The van der Waals surface area contributed by atoms with E-state index in [-0.39, 0.29) is 11.7 Å². The molecule has 5 nitrogen and oxygen atoms in total. The predicted molar refractivity (Wildman–Crippen MR) is 63.8 cm³/mol. The number of Topliss-reactive ketones (excluding diaryl/α,β-unsaturated/α-hetero) is 1. The van der Waals surface area contributed by atoms with E-state index in [0.717, 1.165) is 0 Å². The van der Waals surface area contributed by atoms with Gasteiger partial charge in [0, 0.05) is 0 Å². The van der Waals surface area contributed by atoms with E-state index in [2.05, 4.69) is 15.5 Å². The van der Waals surface area contributed by atoms with Crippen molar-refractivity contribution >= 4 is 11.7 Å². The highest BCUT2D eigenvalue weighted by molar-refractivity contribution is 5.98. The number of amides is 1. The van der Waals surface area contributed by atoms with Gasteiger partial charge in [-0.1, -0.05) is 6.92 Å². The average Bonchev–Trinajstić information content (AvgIpc) is 2.28. The minimum Gasteiger partial charge on any atom is -0.342 e. The van der Waals surface area contributed by atoms with Gasteiger partial charge < -0.3 is 5.32 Å². The molecule has 0 saturated carbocycles. The lowest BCUT2D eigenvalue weighted by molar-refractivity contribution is -0.118. The summed E-state index contributed by atoms with van der Waals surface area (Å²) in [5.41, 5.74) is 1.82. The Kier molecular flexibility index (Phi) is 4.31. The van der Waals surface area contributed by atoms with Crippen molar-refractivity contribution in [1.82, 2.24) is 15.5 Å². The number of carbonyl (C=O) groups excluding carboxylic acids is 2. The van der Waals surface area contributed by atoms with E-state index in [0.29, 0.717) is 23.4 Å². The summed E-state index contributed by atoms with van der Waals surface area (Å²) in [6.45, 7) is 6.79. The van der Waals surface area contributed by atoms with Gasteiger partial charge in [-0.2, -0.15) is 10.2 Å². The Morgan fingerprint density at radius 1 is 1.41 bits per heavy atom. The molecule has 5 heteroatoms. The zero-order valence-electron chi connectivity index (χ0n) is 10.6. The number of hydrogen-bond donors (Lipinski definition) is 1. The number of hydrogen-bond acceptors (Lipinski definition) is 4. The molecule has 0 saturated heterocycles. The summed E-state index contributed by atoms with van der Waals surface area (Å²) in [6.07, 6.45) is 0.629. The molecule has 0 aliphatic carbocycles. The maximum Gasteiger partial charge on any atom is 0.253 e. The van der Waals surface area contributed by atoms with Crippen LogP contribution in [-0.2, 0) is 11.2 Å². The molecule has 0 radical (unpaired) electrons. The molecule has 1 rings (SSSR count). The second kappa shape index (κ2) is 5.52. The van der Waals surface area contributed by atoms with Crippen LogP contribution in [0.5, 0.6) is 0 Å². The molecule has 0 aliphatic heterocycles. The highest BCUT2D eigenvalue weighted by Crippen LogP contribution is 2.07. The van der Waals surface area contributed by atoms with Crippen LogP contribution in [0.3, 0.4) is 0 Å². The van der Waals surface area contributed by atoms with Gasteiger partial charge in [-0.15, -0.1) is 0 Å². The van der Waals surface area contributed by atoms with Gasteiger partial charge in [-0.25, -0.2) is 0 Å². The van der Waals surface area contributed by atoms with E-state index in [1.165, 1.54) is 6.92 Å². The first-order valence-corrected chi connectivity index (χ1v) is 5.60. The predicted octanol–water partition coefficient (Wildman–Crippen LogP) is 1.05. The van der Waals surface area contributed by atoms with Crippen molar-refractivity contribution in [3.63, 3.8) is 0 Å². The molecule has 0 aromatic carbocycles. The van der Waals surface area contributed by atoms with Crippen LogP contribution in [0.15, 0.2) is 6.07 Å². The van der Waals surface area contributed by atoms with E-state index < -0.39 is 6.04 Å². The van der Waals surface area contributed by atoms with Crippen LogP contribution < -0.4 is 5.32 Å². The summed E-state index contributed by atoms with van der Waals surface area (Å²) in [5, 5.41) is 10.5. The molecule has 0 spiro atoms. The first-order valence-electron chi connectivity index (χ1n) is 5.60. The van der Waals surface area contributed by atoms with Gasteiger partial charge in [0.25, 0.3) is 5.91 Å². The van der Waals surface area contributed by atoms with E-state index >= 15 is 0 Å². The van der Waals surface area contributed by atoms with Gasteiger partial charge >= 0.3 is 0 Å². The number of nitrogens with one attached hydrogen (secondary N) is 1. The molecule has 0 fully saturated rings. The van der Waals surface area contributed by atoms with Crippen LogP contribution in [0, 0.1) is 6.92 Å². The van der Waals surface area contributed by atoms with Crippen LogP contribution in [0.4, 0.5) is 0 Å². The molecule has 1 aromatic rings. The quantitative estimate of drug-likeness (QED) is 0.846. The summed E-state index contributed by atoms with van der Waals surface area (Å²) in [5.74, 6) is -0.349. The zero-order valence-corrected chi connectivity index (χ0v) is 10.6. The maximum absolute atomic E-state index is 12.0. The Balaban J connectivity index is 2.95. The molecule has 17 heavy (non-hydrogen) atoms. The van der Waals surface area contributed by atoms with Crippen LogP contribution in [-0.4, -0.2) is 27.9 Å².